The quantitative estimate of drug-likeness (QED) is 0.336. The first kappa shape index (κ1) is 21.8. The molecule has 3 aromatic rings. The molecule has 1 N–H and O–H groups in total. The number of Topliss-reactive ketones (excluding diaryl/α,β-unsaturated/α-hetero) is 1. The van der Waals surface area contributed by atoms with Crippen molar-refractivity contribution in [1.29, 1.82) is 0 Å². The number of amides is 1. The Morgan fingerprint density at radius 1 is 1.13 bits per heavy atom. The number of esters is 1. The molecular formula is C24H24N2O5. The summed E-state index contributed by atoms with van der Waals surface area (Å²) in [6.07, 6.45) is 4.63. The van der Waals surface area contributed by atoms with E-state index in [2.05, 4.69) is 9.88 Å². The molecule has 0 saturated heterocycles. The van der Waals surface area contributed by atoms with Gasteiger partial charge in [-0.15, -0.1) is 0 Å². The topological polar surface area (TPSA) is 90.5 Å². The van der Waals surface area contributed by atoms with Crippen LogP contribution in [-0.4, -0.2) is 28.8 Å². The van der Waals surface area contributed by atoms with E-state index >= 15 is 0 Å². The van der Waals surface area contributed by atoms with Crippen molar-refractivity contribution in [1.82, 2.24) is 4.57 Å². The average molecular weight is 420 g/mol. The maximum atomic E-state index is 12.2. The van der Waals surface area contributed by atoms with Crippen molar-refractivity contribution < 1.29 is 23.5 Å². The first-order chi connectivity index (χ1) is 14.8. The number of anilines is 1. The summed E-state index contributed by atoms with van der Waals surface area (Å²) in [7, 11) is 0. The van der Waals surface area contributed by atoms with Crippen LogP contribution in [0.15, 0.2) is 59.2 Å². The fraction of sp³-hybridized carbons (Fsp3) is 0.208. The van der Waals surface area contributed by atoms with Crippen LogP contribution >= 0.6 is 0 Å². The van der Waals surface area contributed by atoms with Gasteiger partial charge >= 0.3 is 5.97 Å². The van der Waals surface area contributed by atoms with Gasteiger partial charge in [-0.2, -0.15) is 0 Å². The number of ether oxygens (including phenoxy) is 1. The predicted molar refractivity (Wildman–Crippen MR) is 117 cm³/mol. The number of nitrogens with zero attached hydrogens (tertiary/aromatic N) is 1. The SMILES string of the molecule is CC(=O)Nc1ccc(C(=O)COC(=O)/C=C/c2cc(C)n(Cc3ccco3)c2C)cc1. The summed E-state index contributed by atoms with van der Waals surface area (Å²) in [4.78, 5) is 35.3. The number of carbonyl (C=O) groups is 3. The average Bonchev–Trinajstić information content (AvgIpc) is 3.34. The van der Waals surface area contributed by atoms with Crippen LogP contribution in [0.1, 0.15) is 40.0 Å². The molecule has 0 atom stereocenters. The first-order valence-corrected chi connectivity index (χ1v) is 9.78. The van der Waals surface area contributed by atoms with Crippen LogP contribution < -0.4 is 5.32 Å². The lowest BCUT2D eigenvalue weighted by atomic mass is 10.1. The van der Waals surface area contributed by atoms with E-state index in [0.29, 0.717) is 17.8 Å². The standard InChI is InChI=1S/C24H24N2O5/c1-16-13-20(17(2)26(16)14-22-5-4-12-30-22)8-11-24(29)31-15-23(28)19-6-9-21(10-7-19)25-18(3)27/h4-13H,14-15H2,1-3H3,(H,25,27)/b11-8+. The Hall–Kier alpha value is -3.87. The molecule has 1 aromatic carbocycles. The van der Waals surface area contributed by atoms with Gasteiger partial charge in [0.25, 0.3) is 0 Å². The fourth-order valence-corrected chi connectivity index (χ4v) is 3.17. The second kappa shape index (κ2) is 9.75. The Kier molecular flexibility index (Phi) is 6.87. The Labute approximate surface area is 180 Å². The van der Waals surface area contributed by atoms with Crippen LogP contribution in [0.2, 0.25) is 0 Å². The smallest absolute Gasteiger partial charge is 0.331 e. The minimum absolute atomic E-state index is 0.193. The van der Waals surface area contributed by atoms with Crippen LogP contribution in [0.4, 0.5) is 5.69 Å². The van der Waals surface area contributed by atoms with E-state index in [1.54, 1.807) is 36.6 Å². The van der Waals surface area contributed by atoms with Crippen molar-refractivity contribution in [2.45, 2.75) is 27.3 Å². The van der Waals surface area contributed by atoms with Crippen molar-refractivity contribution in [3.05, 3.63) is 83.1 Å². The monoisotopic (exact) mass is 420 g/mol. The molecule has 0 unspecified atom stereocenters. The molecule has 160 valence electrons. The maximum Gasteiger partial charge on any atom is 0.331 e. The summed E-state index contributed by atoms with van der Waals surface area (Å²) in [5.41, 5.74) is 3.91. The molecule has 0 saturated carbocycles. The van der Waals surface area contributed by atoms with Crippen LogP contribution in [-0.2, 0) is 20.9 Å². The van der Waals surface area contributed by atoms with Gasteiger partial charge in [0.05, 0.1) is 12.8 Å². The summed E-state index contributed by atoms with van der Waals surface area (Å²) in [5.74, 6) is -0.270. The number of hydrogen-bond acceptors (Lipinski definition) is 5. The van der Waals surface area contributed by atoms with Crippen LogP contribution in [0.25, 0.3) is 6.08 Å². The molecule has 2 heterocycles. The number of benzene rings is 1. The lowest BCUT2D eigenvalue weighted by Crippen LogP contribution is -2.13. The zero-order chi connectivity index (χ0) is 22.4. The van der Waals surface area contributed by atoms with E-state index in [9.17, 15) is 14.4 Å². The lowest BCUT2D eigenvalue weighted by molar-refractivity contribution is -0.136. The Balaban J connectivity index is 1.56. The molecule has 0 aliphatic rings. The van der Waals surface area contributed by atoms with Gasteiger partial charge in [-0.05, 0) is 68.0 Å². The first-order valence-electron chi connectivity index (χ1n) is 9.78. The molecule has 31 heavy (non-hydrogen) atoms. The van der Waals surface area contributed by atoms with E-state index < -0.39 is 5.97 Å². The molecule has 7 heteroatoms. The largest absolute Gasteiger partial charge is 0.467 e. The molecule has 0 bridgehead atoms. The van der Waals surface area contributed by atoms with Gasteiger partial charge in [-0.25, -0.2) is 4.79 Å². The number of aryl methyl sites for hydroxylation is 1. The minimum Gasteiger partial charge on any atom is -0.467 e. The third kappa shape index (κ3) is 5.82. The predicted octanol–water partition coefficient (Wildman–Crippen LogP) is 4.14. The van der Waals surface area contributed by atoms with Crippen molar-refractivity contribution in [2.24, 2.45) is 0 Å². The zero-order valence-corrected chi connectivity index (χ0v) is 17.7. The summed E-state index contributed by atoms with van der Waals surface area (Å²) < 4.78 is 12.6. The van der Waals surface area contributed by atoms with E-state index in [-0.39, 0.29) is 18.3 Å². The van der Waals surface area contributed by atoms with Gasteiger partial charge in [0.2, 0.25) is 5.91 Å². The van der Waals surface area contributed by atoms with Crippen molar-refractivity contribution in [2.75, 3.05) is 11.9 Å². The Morgan fingerprint density at radius 3 is 2.52 bits per heavy atom. The molecule has 0 fully saturated rings. The number of rotatable bonds is 8. The fourth-order valence-electron chi connectivity index (χ4n) is 3.17. The van der Waals surface area contributed by atoms with Crippen LogP contribution in [0, 0.1) is 13.8 Å². The van der Waals surface area contributed by atoms with Gasteiger partial charge in [-0.3, -0.25) is 9.59 Å². The number of nitrogens with one attached hydrogen (secondary N) is 1. The van der Waals surface area contributed by atoms with E-state index in [0.717, 1.165) is 22.7 Å². The van der Waals surface area contributed by atoms with Gasteiger partial charge < -0.3 is 19.0 Å². The van der Waals surface area contributed by atoms with E-state index in [1.165, 1.54) is 13.0 Å². The molecule has 7 nitrogen and oxygen atoms in total. The number of aromatic nitrogens is 1. The van der Waals surface area contributed by atoms with Crippen LogP contribution in [0.5, 0.6) is 0 Å². The summed E-state index contributed by atoms with van der Waals surface area (Å²) in [6, 6.07) is 12.1. The minimum atomic E-state index is -0.598. The molecule has 0 aliphatic carbocycles. The summed E-state index contributed by atoms with van der Waals surface area (Å²) >= 11 is 0. The van der Waals surface area contributed by atoms with E-state index in [4.69, 9.17) is 9.15 Å². The number of ketones is 1. The highest BCUT2D eigenvalue weighted by Gasteiger charge is 2.11. The lowest BCUT2D eigenvalue weighted by Gasteiger charge is -2.07. The highest BCUT2D eigenvalue weighted by Crippen LogP contribution is 2.19. The van der Waals surface area contributed by atoms with Gasteiger partial charge in [0.15, 0.2) is 12.4 Å². The van der Waals surface area contributed by atoms with Crippen molar-refractivity contribution >= 4 is 29.4 Å². The molecule has 3 rings (SSSR count). The highest BCUT2D eigenvalue weighted by molar-refractivity contribution is 5.99. The Morgan fingerprint density at radius 2 is 1.87 bits per heavy atom. The summed E-state index contributed by atoms with van der Waals surface area (Å²) in [6.45, 7) is 5.61. The molecule has 2 aromatic heterocycles. The normalized spacial score (nSPS) is 10.9. The second-order valence-electron chi connectivity index (χ2n) is 7.11. The van der Waals surface area contributed by atoms with Crippen LogP contribution in [0.3, 0.4) is 0 Å². The van der Waals surface area contributed by atoms with Gasteiger partial charge in [0.1, 0.15) is 5.76 Å². The molecule has 0 aliphatic heterocycles. The van der Waals surface area contributed by atoms with Gasteiger partial charge in [-0.1, -0.05) is 0 Å². The molecule has 1 amide bonds. The highest BCUT2D eigenvalue weighted by atomic mass is 16.5. The number of hydrogen-bond donors (Lipinski definition) is 1. The van der Waals surface area contributed by atoms with E-state index in [1.807, 2.05) is 32.0 Å². The molecule has 0 spiro atoms. The third-order valence-electron chi connectivity index (χ3n) is 4.78. The Bertz CT molecular complexity index is 1110. The second-order valence-corrected chi connectivity index (χ2v) is 7.11. The third-order valence-corrected chi connectivity index (χ3v) is 4.78. The number of furan rings is 1. The molecular weight excluding hydrogens is 396 g/mol. The summed E-state index contributed by atoms with van der Waals surface area (Å²) in [5, 5.41) is 2.62. The molecule has 0 radical (unpaired) electrons. The number of carbonyl (C=O) groups excluding carboxylic acids is 3. The zero-order valence-electron chi connectivity index (χ0n) is 17.7. The van der Waals surface area contributed by atoms with Gasteiger partial charge in [0, 0.05) is 35.6 Å². The maximum absolute atomic E-state index is 12.2. The van der Waals surface area contributed by atoms with Crippen molar-refractivity contribution in [3.8, 4) is 0 Å². The van der Waals surface area contributed by atoms with Crippen molar-refractivity contribution in [3.63, 3.8) is 0 Å².